The van der Waals surface area contributed by atoms with Crippen molar-refractivity contribution in [2.75, 3.05) is 20.7 Å². The van der Waals surface area contributed by atoms with E-state index in [4.69, 9.17) is 10.5 Å². The van der Waals surface area contributed by atoms with Crippen molar-refractivity contribution >= 4 is 0 Å². The summed E-state index contributed by atoms with van der Waals surface area (Å²) < 4.78 is 5.40. The first kappa shape index (κ1) is 12.9. The van der Waals surface area contributed by atoms with Gasteiger partial charge in [-0.2, -0.15) is 0 Å². The van der Waals surface area contributed by atoms with Gasteiger partial charge in [0.1, 0.15) is 5.75 Å². The van der Waals surface area contributed by atoms with Crippen LogP contribution in [0.5, 0.6) is 5.75 Å². The molecule has 2 aliphatic carbocycles. The molecule has 0 radical (unpaired) electrons. The summed E-state index contributed by atoms with van der Waals surface area (Å²) in [6.45, 7) is 0.829. The number of benzene rings is 1. The molecule has 1 fully saturated rings. The van der Waals surface area contributed by atoms with E-state index in [9.17, 15) is 0 Å². The predicted octanol–water partition coefficient (Wildman–Crippen LogP) is 2.04. The monoisotopic (exact) mass is 260 g/mol. The average molecular weight is 260 g/mol. The zero-order valence-corrected chi connectivity index (χ0v) is 11.9. The van der Waals surface area contributed by atoms with E-state index in [1.807, 2.05) is 0 Å². The smallest absolute Gasteiger partial charge is 0.119 e. The Labute approximate surface area is 115 Å². The highest BCUT2D eigenvalue weighted by Gasteiger charge is 2.48. The second kappa shape index (κ2) is 4.80. The molecule has 0 heterocycles. The van der Waals surface area contributed by atoms with Crippen LogP contribution >= 0.6 is 0 Å². The van der Waals surface area contributed by atoms with Crippen molar-refractivity contribution in [3.8, 4) is 5.75 Å². The van der Waals surface area contributed by atoms with Crippen molar-refractivity contribution < 1.29 is 4.74 Å². The Morgan fingerprint density at radius 2 is 2.32 bits per heavy atom. The molecular formula is C16H24N2O. The Balaban J connectivity index is 2.00. The average Bonchev–Trinajstić information content (AvgIpc) is 2.79. The number of fused-ring (bicyclic) bond motifs is 3. The van der Waals surface area contributed by atoms with Gasteiger partial charge >= 0.3 is 0 Å². The van der Waals surface area contributed by atoms with Crippen molar-refractivity contribution in [2.24, 2.45) is 17.6 Å². The van der Waals surface area contributed by atoms with E-state index >= 15 is 0 Å². The largest absolute Gasteiger partial charge is 0.497 e. The Bertz CT molecular complexity index is 474. The molecule has 3 N–H and O–H groups in total. The van der Waals surface area contributed by atoms with Gasteiger partial charge in [0.25, 0.3) is 0 Å². The second-order valence-electron chi connectivity index (χ2n) is 6.02. The number of nitrogens with two attached hydrogens (primary N) is 1. The van der Waals surface area contributed by atoms with E-state index in [2.05, 4.69) is 30.6 Å². The Hall–Kier alpha value is -1.06. The van der Waals surface area contributed by atoms with Crippen LogP contribution in [0.15, 0.2) is 18.2 Å². The van der Waals surface area contributed by atoms with Crippen LogP contribution in [0, 0.1) is 11.8 Å². The molecule has 3 unspecified atom stereocenters. The minimum Gasteiger partial charge on any atom is -0.497 e. The summed E-state index contributed by atoms with van der Waals surface area (Å²) in [5.41, 5.74) is 8.97. The van der Waals surface area contributed by atoms with Gasteiger partial charge in [0.05, 0.1) is 7.11 Å². The number of nitrogens with one attached hydrogen (secondary N) is 1. The molecule has 104 valence electrons. The molecule has 3 rings (SSSR count). The maximum atomic E-state index is 5.88. The van der Waals surface area contributed by atoms with Gasteiger partial charge in [-0.1, -0.05) is 6.07 Å². The van der Waals surface area contributed by atoms with E-state index < -0.39 is 0 Å². The first-order valence-corrected chi connectivity index (χ1v) is 7.30. The lowest BCUT2D eigenvalue weighted by Gasteiger charge is -2.43. The molecule has 1 aromatic carbocycles. The van der Waals surface area contributed by atoms with Crippen molar-refractivity contribution in [3.05, 3.63) is 29.3 Å². The molecule has 0 saturated heterocycles. The normalized spacial score (nSPS) is 32.8. The molecule has 0 spiro atoms. The predicted molar refractivity (Wildman–Crippen MR) is 77.3 cm³/mol. The third-order valence-corrected chi connectivity index (χ3v) is 5.31. The van der Waals surface area contributed by atoms with E-state index in [1.54, 1.807) is 7.11 Å². The highest BCUT2D eigenvalue weighted by molar-refractivity contribution is 5.45. The highest BCUT2D eigenvalue weighted by atomic mass is 16.5. The minimum absolute atomic E-state index is 0.148. The first-order valence-electron chi connectivity index (χ1n) is 7.30. The van der Waals surface area contributed by atoms with Crippen molar-refractivity contribution in [3.63, 3.8) is 0 Å². The van der Waals surface area contributed by atoms with Crippen LogP contribution in [0.25, 0.3) is 0 Å². The summed E-state index contributed by atoms with van der Waals surface area (Å²) in [6.07, 6.45) is 4.84. The molecule has 19 heavy (non-hydrogen) atoms. The van der Waals surface area contributed by atoms with E-state index in [1.165, 1.54) is 36.8 Å². The fourth-order valence-corrected chi connectivity index (χ4v) is 4.19. The highest BCUT2D eigenvalue weighted by Crippen LogP contribution is 2.51. The topological polar surface area (TPSA) is 47.3 Å². The number of hydrogen-bond acceptors (Lipinski definition) is 3. The van der Waals surface area contributed by atoms with Crippen LogP contribution in [0.1, 0.15) is 30.4 Å². The lowest BCUT2D eigenvalue weighted by molar-refractivity contribution is 0.131. The fourth-order valence-electron chi connectivity index (χ4n) is 4.19. The molecule has 3 atom stereocenters. The van der Waals surface area contributed by atoms with Crippen LogP contribution in [0.2, 0.25) is 0 Å². The minimum atomic E-state index is 0.148. The quantitative estimate of drug-likeness (QED) is 0.874. The van der Waals surface area contributed by atoms with Gasteiger partial charge in [-0.15, -0.1) is 0 Å². The summed E-state index contributed by atoms with van der Waals surface area (Å²) in [4.78, 5) is 0. The first-order chi connectivity index (χ1) is 9.23. The standard InChI is InChI=1S/C16H24N2O/c1-18-16-6-5-11(10-17)7-13(16)8-12-3-4-14(19-2)9-15(12)16/h3-4,9,11,13,18H,5-8,10,17H2,1-2H3. The molecule has 0 bridgehead atoms. The maximum absolute atomic E-state index is 5.88. The fraction of sp³-hybridized carbons (Fsp3) is 0.625. The molecular weight excluding hydrogens is 236 g/mol. The Kier molecular flexibility index (Phi) is 3.27. The maximum Gasteiger partial charge on any atom is 0.119 e. The number of hydrogen-bond donors (Lipinski definition) is 2. The second-order valence-corrected chi connectivity index (χ2v) is 6.02. The summed E-state index contributed by atoms with van der Waals surface area (Å²) in [5, 5.41) is 3.64. The van der Waals surface area contributed by atoms with E-state index in [0.29, 0.717) is 11.8 Å². The van der Waals surface area contributed by atoms with Crippen molar-refractivity contribution in [1.29, 1.82) is 0 Å². The number of methoxy groups -OCH3 is 1. The van der Waals surface area contributed by atoms with Crippen LogP contribution in [-0.4, -0.2) is 20.7 Å². The zero-order chi connectivity index (χ0) is 13.5. The van der Waals surface area contributed by atoms with Crippen LogP contribution in [0.3, 0.4) is 0 Å². The number of rotatable bonds is 3. The van der Waals surface area contributed by atoms with E-state index in [0.717, 1.165) is 12.3 Å². The lowest BCUT2D eigenvalue weighted by atomic mass is 9.69. The molecule has 3 nitrogen and oxygen atoms in total. The summed E-state index contributed by atoms with van der Waals surface area (Å²) >= 11 is 0. The number of ether oxygens (including phenoxy) is 1. The molecule has 2 aliphatic rings. The van der Waals surface area contributed by atoms with Crippen LogP contribution in [0.4, 0.5) is 0 Å². The van der Waals surface area contributed by atoms with Gasteiger partial charge in [-0.05, 0) is 74.4 Å². The summed E-state index contributed by atoms with van der Waals surface area (Å²) in [5.74, 6) is 2.35. The zero-order valence-electron chi connectivity index (χ0n) is 11.9. The van der Waals surface area contributed by atoms with Gasteiger partial charge in [-0.3, -0.25) is 0 Å². The SMILES string of the molecule is CNC12CCC(CN)CC1Cc1ccc(OC)cc12. The third kappa shape index (κ3) is 1.87. The lowest BCUT2D eigenvalue weighted by Crippen LogP contribution is -2.48. The van der Waals surface area contributed by atoms with Crippen LogP contribution in [-0.2, 0) is 12.0 Å². The van der Waals surface area contributed by atoms with Crippen LogP contribution < -0.4 is 15.8 Å². The summed E-state index contributed by atoms with van der Waals surface area (Å²) in [7, 11) is 3.84. The van der Waals surface area contributed by atoms with Gasteiger partial charge in [-0.25, -0.2) is 0 Å². The van der Waals surface area contributed by atoms with Crippen molar-refractivity contribution in [2.45, 2.75) is 31.2 Å². The Morgan fingerprint density at radius 1 is 1.47 bits per heavy atom. The molecule has 0 aromatic heterocycles. The molecule has 0 amide bonds. The van der Waals surface area contributed by atoms with Gasteiger partial charge < -0.3 is 15.8 Å². The molecule has 1 saturated carbocycles. The third-order valence-electron chi connectivity index (χ3n) is 5.31. The molecule has 1 aromatic rings. The molecule has 3 heteroatoms. The molecule has 0 aliphatic heterocycles. The van der Waals surface area contributed by atoms with E-state index in [-0.39, 0.29) is 5.54 Å². The van der Waals surface area contributed by atoms with Crippen molar-refractivity contribution in [1.82, 2.24) is 5.32 Å². The Morgan fingerprint density at radius 3 is 3.00 bits per heavy atom. The van der Waals surface area contributed by atoms with Gasteiger partial charge in [0.15, 0.2) is 0 Å². The summed E-state index contributed by atoms with van der Waals surface area (Å²) in [6, 6.07) is 6.55. The van der Waals surface area contributed by atoms with Gasteiger partial charge in [0, 0.05) is 5.54 Å². The van der Waals surface area contributed by atoms with Gasteiger partial charge in [0.2, 0.25) is 0 Å².